The molecule has 2 rings (SSSR count). The van der Waals surface area contributed by atoms with E-state index in [-0.39, 0.29) is 5.56 Å². The van der Waals surface area contributed by atoms with Gasteiger partial charge in [-0.2, -0.15) is 11.8 Å². The summed E-state index contributed by atoms with van der Waals surface area (Å²) in [6.07, 6.45) is 7.48. The molecule has 0 bridgehead atoms. The summed E-state index contributed by atoms with van der Waals surface area (Å²) in [5, 5.41) is 0.748. The molecule has 1 heterocycles. The van der Waals surface area contributed by atoms with Gasteiger partial charge in [0.15, 0.2) is 0 Å². The standard InChI is InChI=1S/C13H19BrN2OS/c1-2-10-12(14)13(17)16-11(15-10)8-18-9-6-4-3-5-7-9/h9H,2-8H2,1H3,(H,15,16,17). The highest BCUT2D eigenvalue weighted by molar-refractivity contribution is 9.10. The summed E-state index contributed by atoms with van der Waals surface area (Å²) >= 11 is 5.23. The Labute approximate surface area is 120 Å². The molecule has 1 fully saturated rings. The number of H-pyrrole nitrogens is 1. The Bertz CT molecular complexity index is 455. The molecular formula is C13H19BrN2OS. The highest BCUT2D eigenvalue weighted by atomic mass is 79.9. The van der Waals surface area contributed by atoms with Crippen LogP contribution in [0.2, 0.25) is 0 Å². The number of nitrogens with zero attached hydrogens (tertiary/aromatic N) is 1. The molecule has 0 saturated heterocycles. The quantitative estimate of drug-likeness (QED) is 0.916. The van der Waals surface area contributed by atoms with E-state index in [4.69, 9.17) is 0 Å². The molecule has 0 atom stereocenters. The van der Waals surface area contributed by atoms with Crippen molar-refractivity contribution in [3.8, 4) is 0 Å². The SMILES string of the molecule is CCc1nc(CSC2CCCCC2)[nH]c(=O)c1Br. The maximum absolute atomic E-state index is 11.7. The van der Waals surface area contributed by atoms with Crippen molar-refractivity contribution in [1.29, 1.82) is 0 Å². The van der Waals surface area contributed by atoms with E-state index in [9.17, 15) is 4.79 Å². The van der Waals surface area contributed by atoms with E-state index in [0.29, 0.717) is 4.47 Å². The van der Waals surface area contributed by atoms with E-state index >= 15 is 0 Å². The van der Waals surface area contributed by atoms with Gasteiger partial charge in [0, 0.05) is 5.25 Å². The summed E-state index contributed by atoms with van der Waals surface area (Å²) in [6, 6.07) is 0. The molecule has 0 amide bonds. The Hall–Kier alpha value is -0.290. The van der Waals surface area contributed by atoms with Crippen LogP contribution in [0.4, 0.5) is 0 Å². The molecule has 1 saturated carbocycles. The lowest BCUT2D eigenvalue weighted by Gasteiger charge is -2.20. The molecule has 100 valence electrons. The van der Waals surface area contributed by atoms with Crippen LogP contribution < -0.4 is 5.56 Å². The molecule has 1 N–H and O–H groups in total. The van der Waals surface area contributed by atoms with Crippen LogP contribution in [0.25, 0.3) is 0 Å². The van der Waals surface area contributed by atoms with Gasteiger partial charge in [0.2, 0.25) is 0 Å². The van der Waals surface area contributed by atoms with Crippen molar-refractivity contribution in [2.45, 2.75) is 56.5 Å². The molecule has 1 aliphatic rings. The van der Waals surface area contributed by atoms with Crippen LogP contribution in [0, 0.1) is 0 Å². The van der Waals surface area contributed by atoms with E-state index in [2.05, 4.69) is 25.9 Å². The van der Waals surface area contributed by atoms with E-state index in [1.54, 1.807) is 0 Å². The lowest BCUT2D eigenvalue weighted by Crippen LogP contribution is -2.16. The zero-order valence-electron chi connectivity index (χ0n) is 10.7. The van der Waals surface area contributed by atoms with Gasteiger partial charge in [-0.3, -0.25) is 4.79 Å². The average Bonchev–Trinajstić information content (AvgIpc) is 2.41. The first-order chi connectivity index (χ1) is 8.70. The lowest BCUT2D eigenvalue weighted by molar-refractivity contribution is 0.516. The molecule has 0 aliphatic heterocycles. The maximum Gasteiger partial charge on any atom is 0.265 e. The Morgan fingerprint density at radius 2 is 2.11 bits per heavy atom. The van der Waals surface area contributed by atoms with Crippen molar-refractivity contribution in [1.82, 2.24) is 9.97 Å². The Morgan fingerprint density at radius 3 is 2.78 bits per heavy atom. The van der Waals surface area contributed by atoms with Crippen LogP contribution in [-0.2, 0) is 12.2 Å². The highest BCUT2D eigenvalue weighted by Gasteiger charge is 2.15. The number of halogens is 1. The van der Waals surface area contributed by atoms with Crippen molar-refractivity contribution >= 4 is 27.7 Å². The Morgan fingerprint density at radius 1 is 1.39 bits per heavy atom. The first-order valence-electron chi connectivity index (χ1n) is 6.60. The van der Waals surface area contributed by atoms with Crippen molar-refractivity contribution in [3.05, 3.63) is 26.3 Å². The van der Waals surface area contributed by atoms with Crippen molar-refractivity contribution in [2.75, 3.05) is 0 Å². The lowest BCUT2D eigenvalue weighted by atomic mass is 10.0. The van der Waals surface area contributed by atoms with Crippen LogP contribution in [0.15, 0.2) is 9.27 Å². The van der Waals surface area contributed by atoms with Gasteiger partial charge in [-0.25, -0.2) is 4.98 Å². The number of hydrogen-bond acceptors (Lipinski definition) is 3. The number of rotatable bonds is 4. The Balaban J connectivity index is 2.00. The molecule has 0 aromatic carbocycles. The number of hydrogen-bond donors (Lipinski definition) is 1. The maximum atomic E-state index is 11.7. The van der Waals surface area contributed by atoms with Crippen molar-refractivity contribution < 1.29 is 0 Å². The minimum atomic E-state index is -0.0545. The summed E-state index contributed by atoms with van der Waals surface area (Å²) in [5.74, 6) is 1.64. The molecule has 3 nitrogen and oxygen atoms in total. The van der Waals surface area contributed by atoms with Gasteiger partial charge < -0.3 is 4.98 Å². The monoisotopic (exact) mass is 330 g/mol. The van der Waals surface area contributed by atoms with Crippen LogP contribution >= 0.6 is 27.7 Å². The van der Waals surface area contributed by atoms with Crippen LogP contribution in [0.3, 0.4) is 0 Å². The third-order valence-electron chi connectivity index (χ3n) is 3.32. The number of aromatic amines is 1. The second kappa shape index (κ2) is 6.75. The Kier molecular flexibility index (Phi) is 5.30. The highest BCUT2D eigenvalue weighted by Crippen LogP contribution is 2.29. The van der Waals surface area contributed by atoms with Gasteiger partial charge in [-0.1, -0.05) is 26.2 Å². The van der Waals surface area contributed by atoms with E-state index in [1.165, 1.54) is 32.1 Å². The number of aromatic nitrogens is 2. The smallest absolute Gasteiger partial charge is 0.265 e. The zero-order chi connectivity index (χ0) is 13.0. The predicted molar refractivity (Wildman–Crippen MR) is 80.1 cm³/mol. The van der Waals surface area contributed by atoms with Crippen LogP contribution in [0.1, 0.15) is 50.5 Å². The largest absolute Gasteiger partial charge is 0.309 e. The molecule has 1 aromatic rings. The van der Waals surface area contributed by atoms with E-state index < -0.39 is 0 Å². The normalized spacial score (nSPS) is 17.0. The molecule has 0 radical (unpaired) electrons. The van der Waals surface area contributed by atoms with E-state index in [1.807, 2.05) is 18.7 Å². The topological polar surface area (TPSA) is 45.8 Å². The summed E-state index contributed by atoms with van der Waals surface area (Å²) in [4.78, 5) is 19.1. The molecule has 5 heteroatoms. The summed E-state index contributed by atoms with van der Waals surface area (Å²) < 4.78 is 0.580. The zero-order valence-corrected chi connectivity index (χ0v) is 13.1. The third kappa shape index (κ3) is 3.60. The first-order valence-corrected chi connectivity index (χ1v) is 8.44. The van der Waals surface area contributed by atoms with Gasteiger partial charge in [0.05, 0.1) is 11.4 Å². The fourth-order valence-electron chi connectivity index (χ4n) is 2.29. The first kappa shape index (κ1) is 14.1. The van der Waals surface area contributed by atoms with Crippen LogP contribution in [0.5, 0.6) is 0 Å². The van der Waals surface area contributed by atoms with Gasteiger partial charge in [-0.05, 0) is 35.2 Å². The molecule has 1 aliphatic carbocycles. The molecular weight excluding hydrogens is 312 g/mol. The number of thioether (sulfide) groups is 1. The third-order valence-corrected chi connectivity index (χ3v) is 5.52. The minimum Gasteiger partial charge on any atom is -0.309 e. The second-order valence-corrected chi connectivity index (χ2v) is 6.78. The summed E-state index contributed by atoms with van der Waals surface area (Å²) in [5.41, 5.74) is 0.805. The predicted octanol–water partition coefficient (Wildman–Crippen LogP) is 3.66. The van der Waals surface area contributed by atoms with E-state index in [0.717, 1.165) is 28.9 Å². The molecule has 0 spiro atoms. The summed E-state index contributed by atoms with van der Waals surface area (Å²) in [7, 11) is 0. The number of nitrogens with one attached hydrogen (secondary N) is 1. The molecule has 1 aromatic heterocycles. The van der Waals surface area contributed by atoms with Gasteiger partial charge in [0.1, 0.15) is 10.3 Å². The summed E-state index contributed by atoms with van der Waals surface area (Å²) in [6.45, 7) is 2.02. The van der Waals surface area contributed by atoms with Gasteiger partial charge in [0.25, 0.3) is 5.56 Å². The molecule has 18 heavy (non-hydrogen) atoms. The fraction of sp³-hybridized carbons (Fsp3) is 0.692. The second-order valence-electron chi connectivity index (χ2n) is 4.70. The van der Waals surface area contributed by atoms with Crippen LogP contribution in [-0.4, -0.2) is 15.2 Å². The van der Waals surface area contributed by atoms with Gasteiger partial charge in [-0.15, -0.1) is 0 Å². The number of aryl methyl sites for hydroxylation is 1. The molecule has 0 unspecified atom stereocenters. The van der Waals surface area contributed by atoms with Gasteiger partial charge >= 0.3 is 0 Å². The average molecular weight is 331 g/mol. The fourth-order valence-corrected chi connectivity index (χ4v) is 3.95. The van der Waals surface area contributed by atoms with Crippen molar-refractivity contribution in [3.63, 3.8) is 0 Å². The van der Waals surface area contributed by atoms with Crippen molar-refractivity contribution in [2.24, 2.45) is 0 Å². The minimum absolute atomic E-state index is 0.0545.